The van der Waals surface area contributed by atoms with Gasteiger partial charge in [-0.1, -0.05) is 25.4 Å². The van der Waals surface area contributed by atoms with E-state index in [1.807, 2.05) is 13.8 Å². The fraction of sp³-hybridized carbons (Fsp3) is 0.143. The van der Waals surface area contributed by atoms with Gasteiger partial charge in [-0.25, -0.2) is 18.6 Å². The third-order valence-corrected chi connectivity index (χ3v) is 2.57. The van der Waals surface area contributed by atoms with E-state index in [2.05, 4.69) is 4.98 Å². The molecule has 0 aliphatic rings. The van der Waals surface area contributed by atoms with Gasteiger partial charge in [0.15, 0.2) is 0 Å². The molecule has 0 atom stereocenters. The molecule has 106 valence electrons. The molecule has 1 N–H and O–H groups in total. The van der Waals surface area contributed by atoms with E-state index in [9.17, 15) is 13.6 Å². The third kappa shape index (κ3) is 3.51. The molecule has 1 aromatic carbocycles. The normalized spacial score (nSPS) is 9.65. The number of carboxylic acids is 1. The first-order valence-electron chi connectivity index (χ1n) is 5.84. The lowest BCUT2D eigenvalue weighted by molar-refractivity contribution is 0.0696. The summed E-state index contributed by atoms with van der Waals surface area (Å²) in [6.07, 6.45) is 0. The van der Waals surface area contributed by atoms with Crippen molar-refractivity contribution in [1.82, 2.24) is 4.98 Å². The molecule has 1 heterocycles. The van der Waals surface area contributed by atoms with E-state index >= 15 is 0 Å². The number of halogens is 3. The fourth-order valence-electron chi connectivity index (χ4n) is 1.44. The minimum absolute atomic E-state index is 0.0511. The lowest BCUT2D eigenvalue weighted by Gasteiger charge is -2.05. The molecule has 0 aliphatic heterocycles. The summed E-state index contributed by atoms with van der Waals surface area (Å²) < 4.78 is 26.2. The second-order valence-corrected chi connectivity index (χ2v) is 3.82. The van der Waals surface area contributed by atoms with Gasteiger partial charge in [-0.15, -0.1) is 0 Å². The van der Waals surface area contributed by atoms with E-state index in [0.717, 1.165) is 12.1 Å². The van der Waals surface area contributed by atoms with Crippen LogP contribution >= 0.6 is 11.6 Å². The monoisotopic (exact) mass is 299 g/mol. The molecule has 0 unspecified atom stereocenters. The Kier molecular flexibility index (Phi) is 5.58. The Labute approximate surface area is 119 Å². The van der Waals surface area contributed by atoms with Crippen LogP contribution in [-0.2, 0) is 0 Å². The Hall–Kier alpha value is -2.01. The minimum atomic E-state index is -1.22. The Balaban J connectivity index is 0.000000956. The highest BCUT2D eigenvalue weighted by Gasteiger charge is 2.13. The zero-order chi connectivity index (χ0) is 15.3. The highest BCUT2D eigenvalue weighted by atomic mass is 35.5. The van der Waals surface area contributed by atoms with Crippen LogP contribution in [0.25, 0.3) is 11.3 Å². The van der Waals surface area contributed by atoms with Gasteiger partial charge in [0.25, 0.3) is 0 Å². The predicted octanol–water partition coefficient (Wildman–Crippen LogP) is 4.40. The second kappa shape index (κ2) is 6.96. The van der Waals surface area contributed by atoms with Crippen molar-refractivity contribution in [3.63, 3.8) is 0 Å². The first kappa shape index (κ1) is 16.0. The van der Waals surface area contributed by atoms with E-state index in [1.54, 1.807) is 0 Å². The Morgan fingerprint density at radius 3 is 2.35 bits per heavy atom. The molecule has 3 nitrogen and oxygen atoms in total. The number of nitrogens with zero attached hydrogens (tertiary/aromatic N) is 1. The third-order valence-electron chi connectivity index (χ3n) is 2.29. The number of rotatable bonds is 2. The Morgan fingerprint density at radius 1 is 1.20 bits per heavy atom. The molecule has 0 bridgehead atoms. The Bertz CT molecular complexity index is 633. The highest BCUT2D eigenvalue weighted by Crippen LogP contribution is 2.24. The van der Waals surface area contributed by atoms with Crippen LogP contribution in [0.4, 0.5) is 8.78 Å². The molecule has 0 fully saturated rings. The smallest absolute Gasteiger partial charge is 0.338 e. The van der Waals surface area contributed by atoms with Gasteiger partial charge in [0.1, 0.15) is 16.8 Å². The molecule has 0 aliphatic carbocycles. The number of hydrogen-bond acceptors (Lipinski definition) is 2. The van der Waals surface area contributed by atoms with Gasteiger partial charge in [0, 0.05) is 11.6 Å². The summed E-state index contributed by atoms with van der Waals surface area (Å²) >= 11 is 5.67. The number of hydrogen-bond donors (Lipinski definition) is 1. The number of pyridine rings is 1. The number of benzene rings is 1. The van der Waals surface area contributed by atoms with Crippen molar-refractivity contribution in [2.75, 3.05) is 0 Å². The Morgan fingerprint density at radius 2 is 1.85 bits per heavy atom. The maximum atomic E-state index is 13.5. The van der Waals surface area contributed by atoms with E-state index in [1.165, 1.54) is 18.2 Å². The van der Waals surface area contributed by atoms with Crippen molar-refractivity contribution in [1.29, 1.82) is 0 Å². The first-order chi connectivity index (χ1) is 9.49. The number of carbonyl (C=O) groups is 1. The SMILES string of the molecule is CC.O=C(O)c1ccc(-c2ccc(F)cc2F)nc1Cl. The highest BCUT2D eigenvalue weighted by molar-refractivity contribution is 6.32. The van der Waals surface area contributed by atoms with Gasteiger partial charge in [-0.3, -0.25) is 0 Å². The number of aromatic nitrogens is 1. The van der Waals surface area contributed by atoms with Crippen molar-refractivity contribution in [3.05, 3.63) is 52.7 Å². The molecule has 0 saturated heterocycles. The van der Waals surface area contributed by atoms with Crippen molar-refractivity contribution in [3.8, 4) is 11.3 Å². The van der Waals surface area contributed by atoms with Crippen molar-refractivity contribution in [2.24, 2.45) is 0 Å². The summed E-state index contributed by atoms with van der Waals surface area (Å²) in [5, 5.41) is 8.52. The zero-order valence-corrected chi connectivity index (χ0v) is 11.6. The summed E-state index contributed by atoms with van der Waals surface area (Å²) in [4.78, 5) is 14.5. The number of aromatic carboxylic acids is 1. The summed E-state index contributed by atoms with van der Waals surface area (Å²) in [5.74, 6) is -2.72. The van der Waals surface area contributed by atoms with Crippen LogP contribution in [0.5, 0.6) is 0 Å². The summed E-state index contributed by atoms with van der Waals surface area (Å²) in [7, 11) is 0. The molecule has 0 radical (unpaired) electrons. The van der Waals surface area contributed by atoms with Gasteiger partial charge in [-0.05, 0) is 24.3 Å². The van der Waals surface area contributed by atoms with Crippen LogP contribution in [0, 0.1) is 11.6 Å². The molecule has 0 amide bonds. The molecule has 2 rings (SSSR count). The van der Waals surface area contributed by atoms with Gasteiger partial charge in [-0.2, -0.15) is 0 Å². The lowest BCUT2D eigenvalue weighted by Crippen LogP contribution is -2.00. The molecule has 6 heteroatoms. The lowest BCUT2D eigenvalue weighted by atomic mass is 10.1. The van der Waals surface area contributed by atoms with Crippen LogP contribution in [0.3, 0.4) is 0 Å². The van der Waals surface area contributed by atoms with Crippen molar-refractivity contribution >= 4 is 17.6 Å². The van der Waals surface area contributed by atoms with E-state index in [-0.39, 0.29) is 22.0 Å². The van der Waals surface area contributed by atoms with Gasteiger partial charge in [0.05, 0.1) is 11.3 Å². The van der Waals surface area contributed by atoms with Crippen LogP contribution in [-0.4, -0.2) is 16.1 Å². The maximum Gasteiger partial charge on any atom is 0.338 e. The molecule has 2 aromatic rings. The van der Waals surface area contributed by atoms with Crippen LogP contribution in [0.1, 0.15) is 24.2 Å². The van der Waals surface area contributed by atoms with Gasteiger partial charge >= 0.3 is 5.97 Å². The van der Waals surface area contributed by atoms with Gasteiger partial charge < -0.3 is 5.11 Å². The topological polar surface area (TPSA) is 50.2 Å². The fourth-order valence-corrected chi connectivity index (χ4v) is 1.68. The summed E-state index contributed by atoms with van der Waals surface area (Å²) in [6, 6.07) is 5.54. The maximum absolute atomic E-state index is 13.5. The molecular weight excluding hydrogens is 288 g/mol. The molecular formula is C14H12ClF2NO2. The van der Waals surface area contributed by atoms with E-state index < -0.39 is 17.6 Å². The number of carboxylic acid groups (broad SMARTS) is 1. The quantitative estimate of drug-likeness (QED) is 0.836. The first-order valence-corrected chi connectivity index (χ1v) is 6.22. The largest absolute Gasteiger partial charge is 0.478 e. The van der Waals surface area contributed by atoms with Gasteiger partial charge in [0.2, 0.25) is 0 Å². The predicted molar refractivity (Wildman–Crippen MR) is 72.9 cm³/mol. The van der Waals surface area contributed by atoms with Crippen LogP contribution in [0.15, 0.2) is 30.3 Å². The molecule has 0 saturated carbocycles. The average Bonchev–Trinajstić information content (AvgIpc) is 2.40. The zero-order valence-electron chi connectivity index (χ0n) is 10.8. The van der Waals surface area contributed by atoms with E-state index in [0.29, 0.717) is 0 Å². The summed E-state index contributed by atoms with van der Waals surface area (Å²) in [5.41, 5.74) is 0.0145. The summed E-state index contributed by atoms with van der Waals surface area (Å²) in [6.45, 7) is 4.00. The van der Waals surface area contributed by atoms with Crippen molar-refractivity contribution < 1.29 is 18.7 Å². The van der Waals surface area contributed by atoms with E-state index in [4.69, 9.17) is 16.7 Å². The molecule has 1 aromatic heterocycles. The van der Waals surface area contributed by atoms with Crippen molar-refractivity contribution in [2.45, 2.75) is 13.8 Å². The molecule has 0 spiro atoms. The standard InChI is InChI=1S/C12H6ClF2NO2.C2H6/c13-11-8(12(17)18)3-4-10(16-11)7-2-1-6(14)5-9(7)15;1-2/h1-5H,(H,17,18);1-2H3. The average molecular weight is 300 g/mol. The van der Waals surface area contributed by atoms with Crippen LogP contribution in [0.2, 0.25) is 5.15 Å². The minimum Gasteiger partial charge on any atom is -0.478 e. The van der Waals surface area contributed by atoms with Crippen LogP contribution < -0.4 is 0 Å². The second-order valence-electron chi connectivity index (χ2n) is 3.46. The molecule has 20 heavy (non-hydrogen) atoms.